The number of amides is 2. The lowest BCUT2D eigenvalue weighted by molar-refractivity contribution is -0.216. The average molecular weight is 446 g/mol. The maximum absolute atomic E-state index is 13.0. The molecule has 0 spiro atoms. The smallest absolute Gasteiger partial charge is 0.357 e. The Morgan fingerprint density at radius 3 is 2.41 bits per heavy atom. The molecule has 0 saturated heterocycles. The van der Waals surface area contributed by atoms with Gasteiger partial charge in [-0.25, -0.2) is 14.4 Å². The van der Waals surface area contributed by atoms with Crippen LogP contribution in [-0.4, -0.2) is 59.9 Å². The molecule has 158 valence electrons. The third-order valence-corrected chi connectivity index (χ3v) is 4.19. The molecule has 0 bridgehead atoms. The molecule has 0 aromatic heterocycles. The Labute approximate surface area is 177 Å². The van der Waals surface area contributed by atoms with Gasteiger partial charge >= 0.3 is 18.0 Å². The predicted molar refractivity (Wildman–Crippen MR) is 105 cm³/mol. The van der Waals surface area contributed by atoms with Crippen LogP contribution in [0, 0.1) is 0 Å². The quantitative estimate of drug-likeness (QED) is 0.668. The molecule has 1 heterocycles. The van der Waals surface area contributed by atoms with Gasteiger partial charge in [-0.15, -0.1) is 5.06 Å². The maximum Gasteiger partial charge on any atom is 0.357 e. The summed E-state index contributed by atoms with van der Waals surface area (Å²) < 4.78 is 10.7. The van der Waals surface area contributed by atoms with Crippen LogP contribution in [0.3, 0.4) is 0 Å². The Balaban J connectivity index is 2.11. The number of ether oxygens (including phenoxy) is 2. The Morgan fingerprint density at radius 1 is 1.21 bits per heavy atom. The molecule has 1 aliphatic heterocycles. The molecular weight excluding hydrogens is 425 g/mol. The number of benzene rings is 1. The fraction of sp³-hybridized carbons (Fsp3) is 0.389. The van der Waals surface area contributed by atoms with E-state index in [-0.39, 0.29) is 25.7 Å². The number of hydrogen-bond acceptors (Lipinski definition) is 7. The van der Waals surface area contributed by atoms with Gasteiger partial charge in [0.25, 0.3) is 0 Å². The lowest BCUT2D eigenvalue weighted by Gasteiger charge is -2.35. The Hall–Kier alpha value is -2.49. The Kier molecular flexibility index (Phi) is 8.12. The van der Waals surface area contributed by atoms with E-state index in [9.17, 15) is 14.4 Å². The Morgan fingerprint density at radius 2 is 1.83 bits per heavy atom. The van der Waals surface area contributed by atoms with Crippen LogP contribution in [0.15, 0.2) is 30.4 Å². The van der Waals surface area contributed by atoms with Gasteiger partial charge in [0.05, 0.1) is 13.1 Å². The van der Waals surface area contributed by atoms with Crippen molar-refractivity contribution < 1.29 is 28.7 Å². The number of halogens is 2. The second-order valence-corrected chi connectivity index (χ2v) is 7.09. The molecule has 1 unspecified atom stereocenters. The zero-order valence-corrected chi connectivity index (χ0v) is 17.4. The molecular formula is C18H21Cl2N3O6. The van der Waals surface area contributed by atoms with Crippen molar-refractivity contribution in [1.82, 2.24) is 9.96 Å². The first kappa shape index (κ1) is 22.8. The van der Waals surface area contributed by atoms with Gasteiger partial charge < -0.3 is 24.9 Å². The van der Waals surface area contributed by atoms with Gasteiger partial charge in [-0.3, -0.25) is 0 Å². The minimum absolute atomic E-state index is 0.107. The zero-order chi connectivity index (χ0) is 21.6. The minimum atomic E-state index is -1.27. The third kappa shape index (κ3) is 6.52. The van der Waals surface area contributed by atoms with E-state index in [1.54, 1.807) is 32.0 Å². The molecule has 2 rings (SSSR count). The van der Waals surface area contributed by atoms with Crippen molar-refractivity contribution in [3.05, 3.63) is 40.4 Å². The number of carbonyl (C=O) groups excluding carboxylic acids is 3. The molecule has 2 N–H and O–H groups in total. The van der Waals surface area contributed by atoms with Crippen molar-refractivity contribution in [1.29, 1.82) is 0 Å². The molecule has 11 heteroatoms. The number of esters is 1. The van der Waals surface area contributed by atoms with E-state index in [0.29, 0.717) is 20.9 Å². The highest BCUT2D eigenvalue weighted by Crippen LogP contribution is 2.24. The lowest BCUT2D eigenvalue weighted by atomic mass is 10.3. The predicted octanol–water partition coefficient (Wildman–Crippen LogP) is 2.36. The van der Waals surface area contributed by atoms with E-state index < -0.39 is 24.2 Å². The SMILES string of the molecule is CC(C)N(CCOc1cc(Cl)cc(Cl)c1)C(=O)N1OC(=O)/C=C\C(=O)OC1CN. The summed E-state index contributed by atoms with van der Waals surface area (Å²) >= 11 is 11.9. The van der Waals surface area contributed by atoms with Crippen molar-refractivity contribution >= 4 is 41.2 Å². The lowest BCUT2D eigenvalue weighted by Crippen LogP contribution is -2.55. The molecule has 1 aromatic rings. The summed E-state index contributed by atoms with van der Waals surface area (Å²) in [6.07, 6.45) is 0.496. The number of nitrogens with zero attached hydrogens (tertiary/aromatic N) is 2. The highest BCUT2D eigenvalue weighted by Gasteiger charge is 2.35. The number of hydrogen-bond donors (Lipinski definition) is 1. The fourth-order valence-electron chi connectivity index (χ4n) is 2.42. The summed E-state index contributed by atoms with van der Waals surface area (Å²) in [5, 5.41) is 1.48. The molecule has 0 aliphatic carbocycles. The number of urea groups is 1. The number of carbonyl (C=O) groups is 3. The second-order valence-electron chi connectivity index (χ2n) is 6.22. The van der Waals surface area contributed by atoms with Crippen molar-refractivity contribution in [2.24, 2.45) is 5.73 Å². The van der Waals surface area contributed by atoms with Gasteiger partial charge in [0.2, 0.25) is 6.23 Å². The highest BCUT2D eigenvalue weighted by atomic mass is 35.5. The Bertz CT molecular complexity index is 782. The first-order valence-electron chi connectivity index (χ1n) is 8.70. The van der Waals surface area contributed by atoms with Crippen LogP contribution in [0.1, 0.15) is 13.8 Å². The van der Waals surface area contributed by atoms with E-state index in [1.807, 2.05) is 0 Å². The summed E-state index contributed by atoms with van der Waals surface area (Å²) in [4.78, 5) is 42.8. The summed E-state index contributed by atoms with van der Waals surface area (Å²) in [6.45, 7) is 3.51. The first-order valence-corrected chi connectivity index (χ1v) is 9.46. The van der Waals surface area contributed by atoms with Crippen molar-refractivity contribution in [3.63, 3.8) is 0 Å². The molecule has 0 radical (unpaired) electrons. The number of nitrogens with two attached hydrogens (primary N) is 1. The summed E-state index contributed by atoms with van der Waals surface area (Å²) in [5.41, 5.74) is 5.59. The molecule has 1 aliphatic rings. The molecule has 29 heavy (non-hydrogen) atoms. The number of cyclic esters (lactones) is 1. The molecule has 2 amide bonds. The number of hydroxylamine groups is 2. The van der Waals surface area contributed by atoms with Crippen molar-refractivity contribution in [3.8, 4) is 5.75 Å². The molecule has 0 fully saturated rings. The van der Waals surface area contributed by atoms with Crippen LogP contribution in [0.2, 0.25) is 10.0 Å². The molecule has 9 nitrogen and oxygen atoms in total. The van der Waals surface area contributed by atoms with Crippen LogP contribution in [0.25, 0.3) is 0 Å². The van der Waals surface area contributed by atoms with Gasteiger partial charge in [-0.2, -0.15) is 0 Å². The van der Waals surface area contributed by atoms with Gasteiger partial charge in [0.1, 0.15) is 12.4 Å². The standard InChI is InChI=1S/C18H21Cl2N3O6/c1-11(2)22(5-6-27-14-8-12(19)7-13(20)9-14)18(26)23-15(10-21)28-16(24)3-4-17(25)29-23/h3-4,7-9,11,15H,5-6,10,21H2,1-2H3/b4-3-. The molecule has 1 aromatic carbocycles. The fourth-order valence-corrected chi connectivity index (χ4v) is 2.93. The van der Waals surface area contributed by atoms with Crippen molar-refractivity contribution in [2.75, 3.05) is 19.7 Å². The summed E-state index contributed by atoms with van der Waals surface area (Å²) in [7, 11) is 0. The van der Waals surface area contributed by atoms with Gasteiger partial charge in [-0.05, 0) is 32.0 Å². The molecule has 1 atom stereocenters. The van der Waals surface area contributed by atoms with Crippen LogP contribution >= 0.6 is 23.2 Å². The second kappa shape index (κ2) is 10.3. The normalized spacial score (nSPS) is 17.9. The van der Waals surface area contributed by atoms with Gasteiger partial charge in [0.15, 0.2) is 0 Å². The first-order chi connectivity index (χ1) is 13.7. The number of rotatable bonds is 6. The average Bonchev–Trinajstić information content (AvgIpc) is 2.63. The van der Waals surface area contributed by atoms with Gasteiger partial charge in [0, 0.05) is 28.2 Å². The molecule has 0 saturated carbocycles. The highest BCUT2D eigenvalue weighted by molar-refractivity contribution is 6.34. The van der Waals surface area contributed by atoms with E-state index in [2.05, 4.69) is 0 Å². The van der Waals surface area contributed by atoms with E-state index >= 15 is 0 Å². The third-order valence-electron chi connectivity index (χ3n) is 3.75. The summed E-state index contributed by atoms with van der Waals surface area (Å²) in [6, 6.07) is 3.75. The summed E-state index contributed by atoms with van der Waals surface area (Å²) in [5.74, 6) is -1.27. The monoisotopic (exact) mass is 445 g/mol. The minimum Gasteiger partial charge on any atom is -0.492 e. The van der Waals surface area contributed by atoms with Crippen LogP contribution in [0.5, 0.6) is 5.75 Å². The topological polar surface area (TPSA) is 111 Å². The van der Waals surface area contributed by atoms with Crippen LogP contribution < -0.4 is 10.5 Å². The van der Waals surface area contributed by atoms with Crippen LogP contribution in [-0.2, 0) is 19.2 Å². The van der Waals surface area contributed by atoms with Gasteiger partial charge in [-0.1, -0.05) is 23.2 Å². The zero-order valence-electron chi connectivity index (χ0n) is 15.8. The van der Waals surface area contributed by atoms with E-state index in [0.717, 1.165) is 12.2 Å². The van der Waals surface area contributed by atoms with Crippen molar-refractivity contribution in [2.45, 2.75) is 26.1 Å². The van der Waals surface area contributed by atoms with Crippen LogP contribution in [0.4, 0.5) is 4.79 Å². The maximum atomic E-state index is 13.0. The van der Waals surface area contributed by atoms with E-state index in [4.69, 9.17) is 43.2 Å². The largest absolute Gasteiger partial charge is 0.492 e. The van der Waals surface area contributed by atoms with E-state index in [1.165, 1.54) is 4.90 Å².